The van der Waals surface area contributed by atoms with Gasteiger partial charge in [-0.25, -0.2) is 4.79 Å². The average molecular weight is 357 g/mol. The first-order chi connectivity index (χ1) is 12.6. The molecule has 0 aliphatic heterocycles. The molecule has 0 radical (unpaired) electrons. The first-order valence-electron chi connectivity index (χ1n) is 7.90. The summed E-state index contributed by atoms with van der Waals surface area (Å²) in [5.74, 6) is -0.886. The third kappa shape index (κ3) is 5.94. The molecule has 0 aromatic heterocycles. The van der Waals surface area contributed by atoms with E-state index >= 15 is 0 Å². The molecule has 0 saturated heterocycles. The van der Waals surface area contributed by atoms with Gasteiger partial charge in [0.15, 0.2) is 0 Å². The first-order valence-corrected chi connectivity index (χ1v) is 7.90. The van der Waals surface area contributed by atoms with Gasteiger partial charge in [-0.05, 0) is 36.4 Å². The molecule has 2 rings (SSSR count). The number of hydrogen-bond acceptors (Lipinski definition) is 6. The maximum Gasteiger partial charge on any atom is 0.338 e. The molecule has 1 N–H and O–H groups in total. The van der Waals surface area contributed by atoms with Crippen LogP contribution in [0, 0.1) is 0 Å². The molecule has 1 amide bonds. The predicted octanol–water partition coefficient (Wildman–Crippen LogP) is 1.83. The molecule has 0 spiro atoms. The highest BCUT2D eigenvalue weighted by Crippen LogP contribution is 2.10. The second-order valence-corrected chi connectivity index (χ2v) is 5.13. The number of nitrogens with one attached hydrogen (secondary N) is 1. The summed E-state index contributed by atoms with van der Waals surface area (Å²) in [6.45, 7) is -0.431. The maximum atomic E-state index is 11.9. The van der Waals surface area contributed by atoms with Crippen LogP contribution in [0.15, 0.2) is 54.6 Å². The van der Waals surface area contributed by atoms with Gasteiger partial charge in [-0.3, -0.25) is 9.59 Å². The molecule has 0 saturated carbocycles. The number of esters is 2. The molecule has 0 fully saturated rings. The van der Waals surface area contributed by atoms with Gasteiger partial charge in [0.1, 0.15) is 25.5 Å². The average Bonchev–Trinajstić information content (AvgIpc) is 2.70. The molecule has 7 nitrogen and oxygen atoms in total. The van der Waals surface area contributed by atoms with Gasteiger partial charge in [0.05, 0.1) is 12.7 Å². The quantitative estimate of drug-likeness (QED) is 0.572. The van der Waals surface area contributed by atoms with Crippen LogP contribution >= 0.6 is 0 Å². The molecule has 136 valence electrons. The van der Waals surface area contributed by atoms with E-state index in [1.807, 2.05) is 0 Å². The summed E-state index contributed by atoms with van der Waals surface area (Å²) in [4.78, 5) is 35.2. The molecule has 2 aromatic carbocycles. The van der Waals surface area contributed by atoms with Crippen LogP contribution in [0.2, 0.25) is 0 Å². The highest BCUT2D eigenvalue weighted by Gasteiger charge is 2.10. The van der Waals surface area contributed by atoms with Gasteiger partial charge in [-0.1, -0.05) is 18.2 Å². The summed E-state index contributed by atoms with van der Waals surface area (Å²) in [6.07, 6.45) is 0. The Kier molecular flexibility index (Phi) is 7.17. The van der Waals surface area contributed by atoms with E-state index in [4.69, 9.17) is 14.2 Å². The lowest BCUT2D eigenvalue weighted by Crippen LogP contribution is -2.31. The lowest BCUT2D eigenvalue weighted by atomic mass is 10.2. The van der Waals surface area contributed by atoms with Crippen LogP contribution in [0.4, 0.5) is 0 Å². The highest BCUT2D eigenvalue weighted by molar-refractivity contribution is 5.96. The Labute approximate surface area is 150 Å². The summed E-state index contributed by atoms with van der Waals surface area (Å²) in [6, 6.07) is 15.0. The van der Waals surface area contributed by atoms with Crippen molar-refractivity contribution < 1.29 is 28.6 Å². The molecule has 0 atom stereocenters. The number of carbonyl (C=O) groups is 3. The van der Waals surface area contributed by atoms with Crippen molar-refractivity contribution in [3.63, 3.8) is 0 Å². The van der Waals surface area contributed by atoms with Crippen LogP contribution in [0.5, 0.6) is 5.75 Å². The smallest absolute Gasteiger partial charge is 0.338 e. The van der Waals surface area contributed by atoms with Crippen molar-refractivity contribution >= 4 is 17.8 Å². The van der Waals surface area contributed by atoms with E-state index in [1.165, 1.54) is 7.11 Å². The second-order valence-electron chi connectivity index (χ2n) is 5.13. The molecule has 0 aliphatic rings. The minimum Gasteiger partial charge on any atom is -0.497 e. The molecule has 0 unspecified atom stereocenters. The normalized spacial score (nSPS) is 9.88. The number of carbonyl (C=O) groups excluding carboxylic acids is 3. The molecule has 7 heteroatoms. The Bertz CT molecular complexity index is 742. The van der Waals surface area contributed by atoms with Crippen molar-refractivity contribution in [2.75, 3.05) is 26.9 Å². The number of methoxy groups -OCH3 is 1. The van der Waals surface area contributed by atoms with E-state index in [2.05, 4.69) is 5.32 Å². The summed E-state index contributed by atoms with van der Waals surface area (Å²) >= 11 is 0. The van der Waals surface area contributed by atoms with Crippen LogP contribution < -0.4 is 10.1 Å². The molecular formula is C19H19NO6. The fourth-order valence-electron chi connectivity index (χ4n) is 2.00. The molecule has 0 heterocycles. The van der Waals surface area contributed by atoms with E-state index in [0.717, 1.165) is 0 Å². The van der Waals surface area contributed by atoms with Crippen LogP contribution in [0.25, 0.3) is 0 Å². The fourth-order valence-corrected chi connectivity index (χ4v) is 2.00. The third-order valence-corrected chi connectivity index (χ3v) is 3.33. The van der Waals surface area contributed by atoms with E-state index < -0.39 is 17.8 Å². The molecule has 2 aromatic rings. The monoisotopic (exact) mass is 357 g/mol. The summed E-state index contributed by atoms with van der Waals surface area (Å²) in [7, 11) is 1.53. The van der Waals surface area contributed by atoms with Gasteiger partial charge in [-0.15, -0.1) is 0 Å². The number of amides is 1. The van der Waals surface area contributed by atoms with Crippen molar-refractivity contribution in [1.29, 1.82) is 0 Å². The van der Waals surface area contributed by atoms with Crippen molar-refractivity contribution in [1.82, 2.24) is 5.32 Å². The zero-order valence-corrected chi connectivity index (χ0v) is 14.3. The Morgan fingerprint density at radius 3 is 2.15 bits per heavy atom. The highest BCUT2D eigenvalue weighted by atomic mass is 16.6. The van der Waals surface area contributed by atoms with Crippen LogP contribution in [-0.2, 0) is 14.3 Å². The standard InChI is InChI=1S/C19H19NO6/c1-24-16-9-7-14(8-10-16)18(22)20-13-17(21)25-11-12-26-19(23)15-5-3-2-4-6-15/h2-10H,11-13H2,1H3,(H,20,22). The Morgan fingerprint density at radius 2 is 1.50 bits per heavy atom. The Hall–Kier alpha value is -3.35. The van der Waals surface area contributed by atoms with Crippen molar-refractivity contribution in [3.05, 3.63) is 65.7 Å². The lowest BCUT2D eigenvalue weighted by Gasteiger charge is -2.08. The van der Waals surface area contributed by atoms with Crippen molar-refractivity contribution in [3.8, 4) is 5.75 Å². The number of rotatable bonds is 8. The molecule has 26 heavy (non-hydrogen) atoms. The zero-order chi connectivity index (χ0) is 18.8. The van der Waals surface area contributed by atoms with E-state index in [-0.39, 0.29) is 19.8 Å². The Balaban J connectivity index is 1.64. The molecule has 0 bridgehead atoms. The van der Waals surface area contributed by atoms with E-state index in [0.29, 0.717) is 16.9 Å². The van der Waals surface area contributed by atoms with Gasteiger partial charge in [0, 0.05) is 5.56 Å². The predicted molar refractivity (Wildman–Crippen MR) is 93.0 cm³/mol. The molecule has 0 aliphatic carbocycles. The van der Waals surface area contributed by atoms with Crippen molar-refractivity contribution in [2.24, 2.45) is 0 Å². The van der Waals surface area contributed by atoms with Gasteiger partial charge in [0.2, 0.25) is 0 Å². The van der Waals surface area contributed by atoms with Gasteiger partial charge < -0.3 is 19.5 Å². The number of benzene rings is 2. The van der Waals surface area contributed by atoms with Gasteiger partial charge in [-0.2, -0.15) is 0 Å². The second kappa shape index (κ2) is 9.83. The first kappa shape index (κ1) is 19.0. The summed E-state index contributed by atoms with van der Waals surface area (Å²) < 4.78 is 14.9. The van der Waals surface area contributed by atoms with Gasteiger partial charge >= 0.3 is 11.9 Å². The Morgan fingerprint density at radius 1 is 0.846 bits per heavy atom. The third-order valence-electron chi connectivity index (χ3n) is 3.33. The minimum absolute atomic E-state index is 0.0636. The SMILES string of the molecule is COc1ccc(C(=O)NCC(=O)OCCOC(=O)c2ccccc2)cc1. The maximum absolute atomic E-state index is 11.9. The fraction of sp³-hybridized carbons (Fsp3) is 0.211. The van der Waals surface area contributed by atoms with Crippen molar-refractivity contribution in [2.45, 2.75) is 0 Å². The topological polar surface area (TPSA) is 90.9 Å². The summed E-state index contributed by atoms with van der Waals surface area (Å²) in [5, 5.41) is 2.45. The number of ether oxygens (including phenoxy) is 3. The van der Waals surface area contributed by atoms with Crippen LogP contribution in [-0.4, -0.2) is 44.7 Å². The minimum atomic E-state index is -0.623. The largest absolute Gasteiger partial charge is 0.497 e. The van der Waals surface area contributed by atoms with Crippen LogP contribution in [0.1, 0.15) is 20.7 Å². The van der Waals surface area contributed by atoms with Gasteiger partial charge in [0.25, 0.3) is 5.91 Å². The number of hydrogen-bond donors (Lipinski definition) is 1. The lowest BCUT2D eigenvalue weighted by molar-refractivity contribution is -0.143. The molecular weight excluding hydrogens is 338 g/mol. The van der Waals surface area contributed by atoms with E-state index in [1.54, 1.807) is 54.6 Å². The van der Waals surface area contributed by atoms with E-state index in [9.17, 15) is 14.4 Å². The summed E-state index contributed by atoms with van der Waals surface area (Å²) in [5.41, 5.74) is 0.820. The van der Waals surface area contributed by atoms with Crippen LogP contribution in [0.3, 0.4) is 0 Å². The zero-order valence-electron chi connectivity index (χ0n) is 14.3.